The molecule has 3 N–H and O–H groups in total. The molecule has 6 aromatic carbocycles. The molecule has 2 aromatic heterocycles. The van der Waals surface area contributed by atoms with Crippen LogP contribution in [0.2, 0.25) is 0 Å². The number of nitrogens with one attached hydrogen (secondary N) is 1. The summed E-state index contributed by atoms with van der Waals surface area (Å²) in [7, 11) is 6.05. The molecule has 0 aliphatic rings. The first kappa shape index (κ1) is 44.7. The molecule has 2 heterocycles. The van der Waals surface area contributed by atoms with Crippen LogP contribution in [0.15, 0.2) is 158 Å². The molecule has 0 saturated heterocycles. The third-order valence-electron chi connectivity index (χ3n) is 9.44. The van der Waals surface area contributed by atoms with Gasteiger partial charge in [-0.05, 0) is 95.5 Å². The predicted molar refractivity (Wildman–Crippen MR) is 247 cm³/mol. The lowest BCUT2D eigenvalue weighted by atomic mass is 10.1. The number of nitrogens with two attached hydrogens (primary N) is 1. The Labute approximate surface area is 370 Å². The number of hydrogen-bond donors (Lipinski definition) is 2. The van der Waals surface area contributed by atoms with Gasteiger partial charge in [0, 0.05) is 40.0 Å². The Hall–Kier alpha value is -7.83. The van der Waals surface area contributed by atoms with Crippen LogP contribution in [0, 0.1) is 0 Å². The van der Waals surface area contributed by atoms with Crippen molar-refractivity contribution >= 4 is 55.9 Å². The smallest absolute Gasteiger partial charge is 0.255 e. The Morgan fingerprint density at radius 2 is 0.984 bits per heavy atom. The van der Waals surface area contributed by atoms with E-state index < -0.39 is 5.24 Å². The van der Waals surface area contributed by atoms with E-state index in [9.17, 15) is 9.59 Å². The predicted octanol–water partition coefficient (Wildman–Crippen LogP) is 10.6. The Bertz CT molecular complexity index is 2730. The van der Waals surface area contributed by atoms with Crippen LogP contribution in [-0.2, 0) is 13.2 Å². The van der Waals surface area contributed by atoms with Crippen molar-refractivity contribution < 1.29 is 38.0 Å². The van der Waals surface area contributed by atoms with Crippen molar-refractivity contribution in [3.63, 3.8) is 0 Å². The monoisotopic (exact) mass is 864 g/mol. The van der Waals surface area contributed by atoms with Crippen molar-refractivity contribution in [2.45, 2.75) is 13.2 Å². The van der Waals surface area contributed by atoms with E-state index >= 15 is 0 Å². The average Bonchev–Trinajstić information content (AvgIpc) is 3.33. The molecule has 1 amide bonds. The van der Waals surface area contributed by atoms with Crippen molar-refractivity contribution in [1.82, 2.24) is 9.97 Å². The first-order chi connectivity index (χ1) is 30.7. The Morgan fingerprint density at radius 1 is 0.540 bits per heavy atom. The van der Waals surface area contributed by atoms with Gasteiger partial charge in [0.15, 0.2) is 23.0 Å². The lowest BCUT2D eigenvalue weighted by Crippen LogP contribution is -2.13. The molecule has 0 atom stereocenters. The quantitative estimate of drug-likeness (QED) is 0.0841. The van der Waals surface area contributed by atoms with Crippen LogP contribution in [0.3, 0.4) is 0 Å². The number of benzene rings is 6. The molecule has 0 bridgehead atoms. The third-order valence-corrected chi connectivity index (χ3v) is 9.65. The summed E-state index contributed by atoms with van der Waals surface area (Å²) in [6.45, 7) is 0.712. The largest absolute Gasteiger partial charge is 0.493 e. The van der Waals surface area contributed by atoms with E-state index in [0.29, 0.717) is 59.0 Å². The van der Waals surface area contributed by atoms with Crippen molar-refractivity contribution in [2.24, 2.45) is 0 Å². The summed E-state index contributed by atoms with van der Waals surface area (Å²) >= 11 is 5.50. The SMILES string of the molecule is COc1cc(C(=O)Cl)cc(OC)c1OCc1ccccc1.COc1cc(C(=O)Nc2cccc3ncccc23)cc(OC)c1OCc1ccccc1.Nc1cccc2ncccc12. The number of pyridine rings is 2. The molecule has 63 heavy (non-hydrogen) atoms. The van der Waals surface area contributed by atoms with E-state index in [-0.39, 0.29) is 11.5 Å². The van der Waals surface area contributed by atoms with Gasteiger partial charge in [0.05, 0.1) is 45.2 Å². The Morgan fingerprint density at radius 3 is 1.44 bits per heavy atom. The van der Waals surface area contributed by atoms with Crippen molar-refractivity contribution in [3.8, 4) is 34.5 Å². The van der Waals surface area contributed by atoms with E-state index in [0.717, 1.165) is 38.6 Å². The minimum atomic E-state index is -0.582. The molecule has 0 fully saturated rings. The Kier molecular flexibility index (Phi) is 15.7. The number of carbonyl (C=O) groups is 2. The van der Waals surface area contributed by atoms with Gasteiger partial charge in [-0.25, -0.2) is 0 Å². The maximum atomic E-state index is 13.0. The lowest BCUT2D eigenvalue weighted by Gasteiger charge is -2.16. The highest BCUT2D eigenvalue weighted by atomic mass is 35.5. The second-order valence-electron chi connectivity index (χ2n) is 13.5. The zero-order valence-electron chi connectivity index (χ0n) is 35.0. The number of methoxy groups -OCH3 is 4. The van der Waals surface area contributed by atoms with E-state index in [4.69, 9.17) is 45.8 Å². The fourth-order valence-corrected chi connectivity index (χ4v) is 6.39. The molecule has 13 heteroatoms. The van der Waals surface area contributed by atoms with Gasteiger partial charge in [-0.15, -0.1) is 0 Å². The number of aromatic nitrogens is 2. The normalized spacial score (nSPS) is 10.3. The molecule has 8 aromatic rings. The highest BCUT2D eigenvalue weighted by Crippen LogP contribution is 2.40. The number of amides is 1. The molecule has 8 rings (SSSR count). The first-order valence-electron chi connectivity index (χ1n) is 19.5. The molecule has 0 spiro atoms. The van der Waals surface area contributed by atoms with Crippen LogP contribution < -0.4 is 39.5 Å². The highest BCUT2D eigenvalue weighted by molar-refractivity contribution is 6.67. The van der Waals surface area contributed by atoms with Gasteiger partial charge in [-0.3, -0.25) is 19.6 Å². The molecule has 0 aliphatic heterocycles. The second kappa shape index (κ2) is 22.1. The van der Waals surface area contributed by atoms with Gasteiger partial charge in [0.1, 0.15) is 13.2 Å². The number of hydrogen-bond acceptors (Lipinski definition) is 11. The van der Waals surface area contributed by atoms with Gasteiger partial charge >= 0.3 is 0 Å². The molecular weight excluding hydrogens is 820 g/mol. The number of carbonyl (C=O) groups excluding carboxylic acids is 2. The van der Waals surface area contributed by atoms with Crippen LogP contribution in [-0.4, -0.2) is 49.6 Å². The number of fused-ring (bicyclic) bond motifs is 2. The van der Waals surface area contributed by atoms with Crippen molar-refractivity contribution in [1.29, 1.82) is 0 Å². The first-order valence-corrected chi connectivity index (χ1v) is 19.9. The van der Waals surface area contributed by atoms with Crippen LogP contribution in [0.25, 0.3) is 21.8 Å². The summed E-state index contributed by atoms with van der Waals surface area (Å²) in [6.07, 6.45) is 3.49. The zero-order valence-corrected chi connectivity index (χ0v) is 35.8. The molecule has 0 saturated carbocycles. The maximum absolute atomic E-state index is 13.0. The van der Waals surface area contributed by atoms with Gasteiger partial charge in [-0.2, -0.15) is 0 Å². The fourth-order valence-electron chi connectivity index (χ4n) is 6.28. The number of anilines is 2. The summed E-state index contributed by atoms with van der Waals surface area (Å²) in [5.74, 6) is 2.22. The standard InChI is InChI=1S/C25H22N2O4.C16H15ClO4.C9H8N2/c1-29-22-14-18(15-23(30-2)24(22)31-16-17-8-4-3-5-9-17)25(28)27-21-12-6-11-20-19(21)10-7-13-26-20;1-19-13-8-12(16(17)18)9-14(20-2)15(13)21-10-11-6-4-3-5-7-11;10-8-4-1-5-9-7(8)3-2-6-11-9/h3-15H,16H2,1-2H3,(H,27,28);3-9H,10H2,1-2H3;1-6H,10H2. The molecule has 0 unspecified atom stereocenters. The van der Waals surface area contributed by atoms with Gasteiger partial charge in [0.2, 0.25) is 11.5 Å². The average molecular weight is 865 g/mol. The fraction of sp³-hybridized carbons (Fsp3) is 0.120. The van der Waals surface area contributed by atoms with E-state index in [1.165, 1.54) is 40.6 Å². The zero-order chi connectivity index (χ0) is 44.6. The molecule has 12 nitrogen and oxygen atoms in total. The van der Waals surface area contributed by atoms with E-state index in [1.807, 2.05) is 121 Å². The summed E-state index contributed by atoms with van der Waals surface area (Å²) < 4.78 is 33.2. The summed E-state index contributed by atoms with van der Waals surface area (Å²) in [5, 5.41) is 4.25. The number of rotatable bonds is 13. The summed E-state index contributed by atoms with van der Waals surface area (Å²) in [4.78, 5) is 32.8. The number of ether oxygens (including phenoxy) is 6. The summed E-state index contributed by atoms with van der Waals surface area (Å²) in [5.41, 5.74) is 11.6. The van der Waals surface area contributed by atoms with Crippen LogP contribution in [0.4, 0.5) is 11.4 Å². The topological polar surface area (TPSA) is 153 Å². The van der Waals surface area contributed by atoms with Crippen molar-refractivity contribution in [3.05, 3.63) is 180 Å². The van der Waals surface area contributed by atoms with Gasteiger partial charge in [-0.1, -0.05) is 72.8 Å². The second-order valence-corrected chi connectivity index (χ2v) is 13.8. The number of nitrogens with zero attached hydrogens (tertiary/aromatic N) is 2. The highest BCUT2D eigenvalue weighted by Gasteiger charge is 2.19. The number of nitrogen functional groups attached to an aromatic ring is 1. The molecule has 0 aliphatic carbocycles. The van der Waals surface area contributed by atoms with E-state index in [2.05, 4.69) is 15.3 Å². The van der Waals surface area contributed by atoms with Gasteiger partial charge < -0.3 is 39.5 Å². The minimum absolute atomic E-state index is 0.289. The maximum Gasteiger partial charge on any atom is 0.255 e. The molecule has 0 radical (unpaired) electrons. The van der Waals surface area contributed by atoms with Crippen LogP contribution in [0.5, 0.6) is 34.5 Å². The molecular formula is C50H45ClN4O8. The summed E-state index contributed by atoms with van der Waals surface area (Å²) in [6, 6.07) is 44.8. The Balaban J connectivity index is 0.000000177. The third kappa shape index (κ3) is 11.7. The van der Waals surface area contributed by atoms with E-state index in [1.54, 1.807) is 24.5 Å². The number of halogens is 1. The van der Waals surface area contributed by atoms with Crippen LogP contribution in [0.1, 0.15) is 31.8 Å². The van der Waals surface area contributed by atoms with Crippen LogP contribution >= 0.6 is 11.6 Å². The molecule has 320 valence electrons. The minimum Gasteiger partial charge on any atom is -0.493 e. The van der Waals surface area contributed by atoms with Gasteiger partial charge in [0.25, 0.3) is 11.1 Å². The lowest BCUT2D eigenvalue weighted by molar-refractivity contribution is 0.102. The van der Waals surface area contributed by atoms with Crippen molar-refractivity contribution in [2.75, 3.05) is 39.5 Å².